The molecule has 3 rings (SSSR count). The van der Waals surface area contributed by atoms with Gasteiger partial charge in [-0.15, -0.1) is 0 Å². The molecule has 1 aromatic rings. The Kier molecular flexibility index (Phi) is 2.86. The topological polar surface area (TPSA) is 32.8 Å². The lowest BCUT2D eigenvalue weighted by Crippen LogP contribution is -2.46. The van der Waals surface area contributed by atoms with Crippen molar-refractivity contribution in [3.05, 3.63) is 18.2 Å². The molecule has 4 heteroatoms. The van der Waals surface area contributed by atoms with Crippen molar-refractivity contribution in [3.8, 4) is 5.75 Å². The third-order valence-electron chi connectivity index (χ3n) is 3.56. The van der Waals surface area contributed by atoms with E-state index in [9.17, 15) is 4.79 Å². The number of rotatable bonds is 2. The predicted molar refractivity (Wildman–Crippen MR) is 71.4 cm³/mol. The van der Waals surface area contributed by atoms with Crippen molar-refractivity contribution in [2.45, 2.75) is 19.8 Å². The summed E-state index contributed by atoms with van der Waals surface area (Å²) in [5.74, 6) is 1.13. The second-order valence-electron chi connectivity index (χ2n) is 4.75. The van der Waals surface area contributed by atoms with Crippen LogP contribution in [0.5, 0.6) is 5.75 Å². The highest BCUT2D eigenvalue weighted by atomic mass is 16.5. The molecule has 96 valence electrons. The van der Waals surface area contributed by atoms with Crippen LogP contribution < -0.4 is 14.5 Å². The Morgan fingerprint density at radius 2 is 2.22 bits per heavy atom. The highest BCUT2D eigenvalue weighted by Crippen LogP contribution is 2.42. The van der Waals surface area contributed by atoms with Crippen molar-refractivity contribution < 1.29 is 9.53 Å². The van der Waals surface area contributed by atoms with Crippen molar-refractivity contribution in [2.75, 3.05) is 36.0 Å². The molecule has 1 amide bonds. The maximum absolute atomic E-state index is 12.2. The third-order valence-corrected chi connectivity index (χ3v) is 3.56. The average molecular weight is 246 g/mol. The minimum absolute atomic E-state index is 0.219. The summed E-state index contributed by atoms with van der Waals surface area (Å²) in [6.07, 6.45) is 1.51. The maximum Gasteiger partial charge on any atom is 0.227 e. The molecular formula is C14H18N2O2. The van der Waals surface area contributed by atoms with Gasteiger partial charge in [0, 0.05) is 19.5 Å². The van der Waals surface area contributed by atoms with E-state index in [1.165, 1.54) is 0 Å². The van der Waals surface area contributed by atoms with Crippen molar-refractivity contribution in [3.63, 3.8) is 0 Å². The SMILES string of the molecule is CCCC(=O)N1CCN2CCOc3cccc1c32. The molecule has 0 fully saturated rings. The molecule has 2 heterocycles. The normalized spacial score (nSPS) is 17.2. The van der Waals surface area contributed by atoms with E-state index in [2.05, 4.69) is 4.90 Å². The van der Waals surface area contributed by atoms with E-state index in [1.807, 2.05) is 30.0 Å². The minimum Gasteiger partial charge on any atom is -0.489 e. The molecule has 0 N–H and O–H groups in total. The van der Waals surface area contributed by atoms with Gasteiger partial charge in [-0.25, -0.2) is 0 Å². The number of hydrogen-bond acceptors (Lipinski definition) is 3. The van der Waals surface area contributed by atoms with E-state index >= 15 is 0 Å². The molecule has 0 radical (unpaired) electrons. The summed E-state index contributed by atoms with van der Waals surface area (Å²) in [4.78, 5) is 16.4. The second-order valence-corrected chi connectivity index (χ2v) is 4.75. The Morgan fingerprint density at radius 1 is 1.33 bits per heavy atom. The first-order valence-corrected chi connectivity index (χ1v) is 6.62. The van der Waals surface area contributed by atoms with Crippen molar-refractivity contribution in [2.24, 2.45) is 0 Å². The number of anilines is 2. The largest absolute Gasteiger partial charge is 0.489 e. The molecule has 0 unspecified atom stereocenters. The molecule has 4 nitrogen and oxygen atoms in total. The zero-order valence-corrected chi connectivity index (χ0v) is 10.7. The van der Waals surface area contributed by atoms with Gasteiger partial charge in [-0.1, -0.05) is 13.0 Å². The number of ether oxygens (including phenoxy) is 1. The van der Waals surface area contributed by atoms with Gasteiger partial charge in [0.05, 0.1) is 12.2 Å². The van der Waals surface area contributed by atoms with Crippen LogP contribution in [0.15, 0.2) is 18.2 Å². The molecule has 0 atom stereocenters. The molecule has 0 aromatic heterocycles. The van der Waals surface area contributed by atoms with Gasteiger partial charge in [0.15, 0.2) is 0 Å². The van der Waals surface area contributed by atoms with E-state index in [4.69, 9.17) is 4.74 Å². The first-order chi connectivity index (χ1) is 8.81. The standard InChI is InChI=1S/C14H18N2O2/c1-2-4-13(17)16-8-7-15-9-10-18-12-6-3-5-11(16)14(12)15/h3,5-6H,2,4,7-10H2,1H3. The van der Waals surface area contributed by atoms with E-state index < -0.39 is 0 Å². The fourth-order valence-corrected chi connectivity index (χ4v) is 2.71. The molecule has 2 aliphatic heterocycles. The van der Waals surface area contributed by atoms with Gasteiger partial charge in [0.25, 0.3) is 0 Å². The van der Waals surface area contributed by atoms with Gasteiger partial charge < -0.3 is 14.5 Å². The summed E-state index contributed by atoms with van der Waals surface area (Å²) in [5.41, 5.74) is 2.11. The molecule has 18 heavy (non-hydrogen) atoms. The summed E-state index contributed by atoms with van der Waals surface area (Å²) < 4.78 is 5.68. The van der Waals surface area contributed by atoms with E-state index in [0.717, 1.165) is 49.8 Å². The fourth-order valence-electron chi connectivity index (χ4n) is 2.71. The molecule has 0 spiro atoms. The number of nitrogens with zero attached hydrogens (tertiary/aromatic N) is 2. The van der Waals surface area contributed by atoms with Gasteiger partial charge in [-0.3, -0.25) is 4.79 Å². The Labute approximate surface area is 107 Å². The van der Waals surface area contributed by atoms with Crippen LogP contribution in [0.3, 0.4) is 0 Å². The van der Waals surface area contributed by atoms with Crippen LogP contribution in [0.4, 0.5) is 11.4 Å². The molecule has 2 aliphatic rings. The van der Waals surface area contributed by atoms with Crippen LogP contribution >= 0.6 is 0 Å². The van der Waals surface area contributed by atoms with Crippen molar-refractivity contribution in [1.29, 1.82) is 0 Å². The van der Waals surface area contributed by atoms with E-state index in [1.54, 1.807) is 0 Å². The molecule has 0 bridgehead atoms. The zero-order valence-electron chi connectivity index (χ0n) is 10.7. The van der Waals surface area contributed by atoms with Crippen LogP contribution in [0.2, 0.25) is 0 Å². The molecule has 0 aliphatic carbocycles. The Morgan fingerprint density at radius 3 is 3.06 bits per heavy atom. The summed E-state index contributed by atoms with van der Waals surface area (Å²) in [7, 11) is 0. The smallest absolute Gasteiger partial charge is 0.227 e. The third kappa shape index (κ3) is 1.72. The van der Waals surface area contributed by atoms with E-state index in [-0.39, 0.29) is 5.91 Å². The number of carbonyl (C=O) groups excluding carboxylic acids is 1. The first kappa shape index (κ1) is 11.4. The summed E-state index contributed by atoms with van der Waals surface area (Å²) in [5, 5.41) is 0. The average Bonchev–Trinajstić information content (AvgIpc) is 2.40. The Balaban J connectivity index is 2.01. The number of hydrogen-bond donors (Lipinski definition) is 0. The maximum atomic E-state index is 12.2. The van der Waals surface area contributed by atoms with Crippen LogP contribution in [0.25, 0.3) is 0 Å². The quantitative estimate of drug-likeness (QED) is 0.800. The first-order valence-electron chi connectivity index (χ1n) is 6.62. The zero-order chi connectivity index (χ0) is 12.5. The summed E-state index contributed by atoms with van der Waals surface area (Å²) in [6, 6.07) is 5.97. The number of para-hydroxylation sites is 1. The molecule has 0 saturated carbocycles. The summed E-state index contributed by atoms with van der Waals surface area (Å²) in [6.45, 7) is 5.38. The minimum atomic E-state index is 0.219. The Bertz CT molecular complexity index is 473. The van der Waals surface area contributed by atoms with Crippen LogP contribution in [-0.2, 0) is 4.79 Å². The number of benzene rings is 1. The van der Waals surface area contributed by atoms with Crippen LogP contribution in [-0.4, -0.2) is 32.1 Å². The van der Waals surface area contributed by atoms with Gasteiger partial charge >= 0.3 is 0 Å². The highest BCUT2D eigenvalue weighted by molar-refractivity contribution is 5.99. The highest BCUT2D eigenvalue weighted by Gasteiger charge is 2.30. The van der Waals surface area contributed by atoms with Gasteiger partial charge in [0.2, 0.25) is 5.91 Å². The Hall–Kier alpha value is -1.71. The fraction of sp³-hybridized carbons (Fsp3) is 0.500. The second kappa shape index (κ2) is 4.52. The van der Waals surface area contributed by atoms with Gasteiger partial charge in [-0.2, -0.15) is 0 Å². The summed E-state index contributed by atoms with van der Waals surface area (Å²) >= 11 is 0. The lowest BCUT2D eigenvalue weighted by molar-refractivity contribution is -0.118. The monoisotopic (exact) mass is 246 g/mol. The van der Waals surface area contributed by atoms with Gasteiger partial charge in [0.1, 0.15) is 18.0 Å². The van der Waals surface area contributed by atoms with Gasteiger partial charge in [-0.05, 0) is 18.6 Å². The van der Waals surface area contributed by atoms with E-state index in [0.29, 0.717) is 6.42 Å². The van der Waals surface area contributed by atoms with Crippen molar-refractivity contribution in [1.82, 2.24) is 0 Å². The number of carbonyl (C=O) groups is 1. The molecule has 0 saturated heterocycles. The molecular weight excluding hydrogens is 228 g/mol. The van der Waals surface area contributed by atoms with Crippen LogP contribution in [0.1, 0.15) is 19.8 Å². The number of amides is 1. The predicted octanol–water partition coefficient (Wildman–Crippen LogP) is 2.03. The van der Waals surface area contributed by atoms with Crippen molar-refractivity contribution >= 4 is 17.3 Å². The molecule has 1 aromatic carbocycles. The van der Waals surface area contributed by atoms with Crippen LogP contribution in [0, 0.1) is 0 Å². The lowest BCUT2D eigenvalue weighted by atomic mass is 10.1. The lowest BCUT2D eigenvalue weighted by Gasteiger charge is -2.41.